The van der Waals surface area contributed by atoms with E-state index >= 15 is 0 Å². The topological polar surface area (TPSA) is 41.3 Å². The van der Waals surface area contributed by atoms with Gasteiger partial charge in [-0.25, -0.2) is 4.98 Å². The first-order valence-electron chi connectivity index (χ1n) is 5.67. The van der Waals surface area contributed by atoms with Gasteiger partial charge in [0.1, 0.15) is 15.1 Å². The van der Waals surface area contributed by atoms with Crippen LogP contribution in [-0.2, 0) is 6.54 Å². The Kier molecular flexibility index (Phi) is 4.77. The molecule has 0 bridgehead atoms. The summed E-state index contributed by atoms with van der Waals surface area (Å²) >= 11 is 7.34. The first-order chi connectivity index (χ1) is 8.66. The van der Waals surface area contributed by atoms with E-state index in [0.717, 1.165) is 28.2 Å². The zero-order valence-electron chi connectivity index (χ0n) is 10.4. The third-order valence-electron chi connectivity index (χ3n) is 2.63. The molecule has 0 aliphatic carbocycles. The Morgan fingerprint density at radius 3 is 2.94 bits per heavy atom. The van der Waals surface area contributed by atoms with Gasteiger partial charge in [-0.15, -0.1) is 11.3 Å². The average Bonchev–Trinajstić information content (AvgIpc) is 2.95. The van der Waals surface area contributed by atoms with Crippen molar-refractivity contribution in [2.75, 3.05) is 20.6 Å². The van der Waals surface area contributed by atoms with Gasteiger partial charge in [-0.05, 0) is 26.2 Å². The van der Waals surface area contributed by atoms with Gasteiger partial charge in [0.15, 0.2) is 0 Å². The lowest BCUT2D eigenvalue weighted by atomic mass is 10.2. The van der Waals surface area contributed by atoms with E-state index in [0.29, 0.717) is 0 Å². The van der Waals surface area contributed by atoms with Gasteiger partial charge in [0.05, 0.1) is 18.5 Å². The fourth-order valence-electron chi connectivity index (χ4n) is 1.70. The predicted molar refractivity (Wildman–Crippen MR) is 74.0 cm³/mol. The predicted octanol–water partition coefficient (Wildman–Crippen LogP) is 2.78. The Morgan fingerprint density at radius 2 is 2.39 bits per heavy atom. The molecule has 2 rings (SSSR count). The van der Waals surface area contributed by atoms with Crippen LogP contribution in [0, 0.1) is 0 Å². The second-order valence-electron chi connectivity index (χ2n) is 4.18. The molecule has 98 valence electrons. The molecule has 0 radical (unpaired) electrons. The number of furan rings is 1. The highest BCUT2D eigenvalue weighted by molar-refractivity contribution is 7.15. The third-order valence-corrected chi connectivity index (χ3v) is 3.75. The lowest BCUT2D eigenvalue weighted by Gasteiger charge is -2.22. The van der Waals surface area contributed by atoms with Gasteiger partial charge < -0.3 is 9.73 Å². The highest BCUT2D eigenvalue weighted by Crippen LogP contribution is 2.19. The maximum absolute atomic E-state index is 5.84. The largest absolute Gasteiger partial charge is 0.468 e. The van der Waals surface area contributed by atoms with Crippen LogP contribution < -0.4 is 5.32 Å². The monoisotopic (exact) mass is 285 g/mol. The summed E-state index contributed by atoms with van der Waals surface area (Å²) in [5.74, 6) is 0.963. The fraction of sp³-hybridized carbons (Fsp3) is 0.417. The smallest absolute Gasteiger partial charge is 0.122 e. The normalized spacial score (nSPS) is 13.1. The Morgan fingerprint density at radius 1 is 1.56 bits per heavy atom. The van der Waals surface area contributed by atoms with Gasteiger partial charge in [0.2, 0.25) is 0 Å². The van der Waals surface area contributed by atoms with Crippen molar-refractivity contribution >= 4 is 22.9 Å². The molecule has 0 aliphatic rings. The van der Waals surface area contributed by atoms with E-state index in [2.05, 4.69) is 15.2 Å². The Bertz CT molecular complexity index is 469. The molecule has 18 heavy (non-hydrogen) atoms. The number of hydrogen-bond donors (Lipinski definition) is 1. The fourth-order valence-corrected chi connectivity index (χ4v) is 2.63. The molecule has 0 aliphatic heterocycles. The maximum atomic E-state index is 5.84. The third kappa shape index (κ3) is 3.55. The van der Waals surface area contributed by atoms with Gasteiger partial charge in [-0.3, -0.25) is 4.90 Å². The molecule has 1 N–H and O–H groups in total. The number of halogens is 1. The second kappa shape index (κ2) is 6.33. The number of rotatable bonds is 6. The summed E-state index contributed by atoms with van der Waals surface area (Å²) in [6.45, 7) is 1.53. The van der Waals surface area contributed by atoms with Crippen LogP contribution in [0.5, 0.6) is 0 Å². The molecule has 0 aromatic carbocycles. The van der Waals surface area contributed by atoms with Crippen molar-refractivity contribution in [1.29, 1.82) is 0 Å². The van der Waals surface area contributed by atoms with Gasteiger partial charge in [0, 0.05) is 13.1 Å². The van der Waals surface area contributed by atoms with Crippen LogP contribution in [0.1, 0.15) is 16.8 Å². The van der Waals surface area contributed by atoms with Gasteiger partial charge in [-0.2, -0.15) is 0 Å². The summed E-state index contributed by atoms with van der Waals surface area (Å²) in [7, 11) is 4.07. The SMILES string of the molecule is CN(C)C(CNCc1ncc(Cl)s1)c1ccco1. The van der Waals surface area contributed by atoms with Crippen molar-refractivity contribution in [2.24, 2.45) is 0 Å². The molecule has 0 amide bonds. The van der Waals surface area contributed by atoms with E-state index in [1.807, 2.05) is 26.2 Å². The molecule has 0 saturated heterocycles. The number of nitrogens with zero attached hydrogens (tertiary/aromatic N) is 2. The molecule has 1 atom stereocenters. The summed E-state index contributed by atoms with van der Waals surface area (Å²) in [6.07, 6.45) is 3.38. The lowest BCUT2D eigenvalue weighted by molar-refractivity contribution is 0.250. The molecule has 0 fully saturated rings. The molecule has 1 unspecified atom stereocenters. The van der Waals surface area contributed by atoms with Crippen molar-refractivity contribution in [1.82, 2.24) is 15.2 Å². The van der Waals surface area contributed by atoms with E-state index < -0.39 is 0 Å². The van der Waals surface area contributed by atoms with Crippen molar-refractivity contribution in [3.8, 4) is 0 Å². The molecule has 0 spiro atoms. The van der Waals surface area contributed by atoms with Crippen molar-refractivity contribution in [2.45, 2.75) is 12.6 Å². The van der Waals surface area contributed by atoms with Gasteiger partial charge >= 0.3 is 0 Å². The molecule has 0 saturated carbocycles. The minimum absolute atomic E-state index is 0.218. The molecule has 2 aromatic heterocycles. The number of hydrogen-bond acceptors (Lipinski definition) is 5. The molecular weight excluding hydrogens is 270 g/mol. The van der Waals surface area contributed by atoms with Crippen molar-refractivity contribution in [3.63, 3.8) is 0 Å². The first-order valence-corrected chi connectivity index (χ1v) is 6.87. The van der Waals surface area contributed by atoms with Crippen molar-refractivity contribution in [3.05, 3.63) is 39.7 Å². The molecule has 6 heteroatoms. The lowest BCUT2D eigenvalue weighted by Crippen LogP contribution is -2.30. The standard InChI is InChI=1S/C12H16ClN3OS/c1-16(2)9(10-4-3-5-17-10)6-14-8-12-15-7-11(13)18-12/h3-5,7,9,14H,6,8H2,1-2H3. The quantitative estimate of drug-likeness (QED) is 0.886. The van der Waals surface area contributed by atoms with Gasteiger partial charge in [0.25, 0.3) is 0 Å². The Labute approximate surface area is 116 Å². The van der Waals surface area contributed by atoms with Crippen LogP contribution in [0.3, 0.4) is 0 Å². The zero-order valence-corrected chi connectivity index (χ0v) is 12.0. The van der Waals surface area contributed by atoms with Crippen LogP contribution in [0.2, 0.25) is 4.34 Å². The van der Waals surface area contributed by atoms with Crippen LogP contribution in [0.15, 0.2) is 29.0 Å². The van der Waals surface area contributed by atoms with Crippen molar-refractivity contribution < 1.29 is 4.42 Å². The van der Waals surface area contributed by atoms with Crippen LogP contribution in [0.25, 0.3) is 0 Å². The van der Waals surface area contributed by atoms with E-state index in [4.69, 9.17) is 16.0 Å². The van der Waals surface area contributed by atoms with E-state index in [-0.39, 0.29) is 6.04 Å². The second-order valence-corrected chi connectivity index (χ2v) is 5.93. The Hall–Kier alpha value is -0.880. The minimum Gasteiger partial charge on any atom is -0.468 e. The summed E-state index contributed by atoms with van der Waals surface area (Å²) < 4.78 is 6.17. The van der Waals surface area contributed by atoms with Gasteiger partial charge in [-0.1, -0.05) is 11.6 Å². The zero-order chi connectivity index (χ0) is 13.0. The number of nitrogens with one attached hydrogen (secondary N) is 1. The van der Waals surface area contributed by atoms with E-state index in [1.165, 1.54) is 11.3 Å². The van der Waals surface area contributed by atoms with Crippen LogP contribution >= 0.6 is 22.9 Å². The number of likely N-dealkylation sites (N-methyl/N-ethyl adjacent to an activating group) is 1. The van der Waals surface area contributed by atoms with Crippen LogP contribution in [0.4, 0.5) is 0 Å². The summed E-state index contributed by atoms with van der Waals surface area (Å²) in [4.78, 5) is 6.33. The molecule has 2 heterocycles. The first kappa shape index (κ1) is 13.5. The summed E-state index contributed by atoms with van der Waals surface area (Å²) in [6, 6.07) is 4.12. The summed E-state index contributed by atoms with van der Waals surface area (Å²) in [5, 5.41) is 4.37. The van der Waals surface area contributed by atoms with Crippen LogP contribution in [-0.4, -0.2) is 30.5 Å². The molecular formula is C12H16ClN3OS. The Balaban J connectivity index is 1.87. The number of aromatic nitrogens is 1. The maximum Gasteiger partial charge on any atom is 0.122 e. The summed E-state index contributed by atoms with van der Waals surface area (Å²) in [5.41, 5.74) is 0. The van der Waals surface area contributed by atoms with E-state index in [1.54, 1.807) is 12.5 Å². The number of thiazole rings is 1. The molecule has 4 nitrogen and oxygen atoms in total. The van der Waals surface area contributed by atoms with E-state index in [9.17, 15) is 0 Å². The average molecular weight is 286 g/mol. The highest BCUT2D eigenvalue weighted by Gasteiger charge is 2.16. The molecule has 2 aromatic rings. The highest BCUT2D eigenvalue weighted by atomic mass is 35.5. The minimum atomic E-state index is 0.218.